The van der Waals surface area contributed by atoms with Crippen LogP contribution in [0.5, 0.6) is 5.75 Å². The Morgan fingerprint density at radius 2 is 1.84 bits per heavy atom. The Labute approximate surface area is 193 Å². The quantitative estimate of drug-likeness (QED) is 0.331. The van der Waals surface area contributed by atoms with Gasteiger partial charge in [-0.05, 0) is 81.7 Å². The molecule has 0 aliphatic carbocycles. The molecule has 1 fully saturated rings. The Morgan fingerprint density at radius 1 is 1.06 bits per heavy atom. The number of anilines is 1. The lowest BCUT2D eigenvalue weighted by molar-refractivity contribution is -0.114. The summed E-state index contributed by atoms with van der Waals surface area (Å²) >= 11 is 9.00. The average Bonchev–Trinajstić information content (AvgIpc) is 2.97. The zero-order valence-electron chi connectivity index (χ0n) is 16.6. The van der Waals surface area contributed by atoms with E-state index in [0.717, 1.165) is 21.3 Å². The van der Waals surface area contributed by atoms with E-state index in [4.69, 9.17) is 17.0 Å². The maximum atomic E-state index is 13.3. The van der Waals surface area contributed by atoms with Crippen molar-refractivity contribution in [2.75, 3.05) is 11.9 Å². The van der Waals surface area contributed by atoms with Crippen LogP contribution in [0.1, 0.15) is 11.1 Å². The molecule has 1 aliphatic heterocycles. The van der Waals surface area contributed by atoms with Gasteiger partial charge in [-0.3, -0.25) is 9.69 Å². The smallest absolute Gasteiger partial charge is 0.281 e. The fourth-order valence-electron chi connectivity index (χ4n) is 3.23. The van der Waals surface area contributed by atoms with Crippen LogP contribution in [0, 0.1) is 5.82 Å². The van der Waals surface area contributed by atoms with Crippen molar-refractivity contribution < 1.29 is 13.9 Å². The van der Waals surface area contributed by atoms with Gasteiger partial charge in [0, 0.05) is 7.05 Å². The summed E-state index contributed by atoms with van der Waals surface area (Å²) in [4.78, 5) is 16.3. The van der Waals surface area contributed by atoms with Gasteiger partial charge in [0.1, 0.15) is 23.9 Å². The van der Waals surface area contributed by atoms with Crippen LogP contribution in [-0.4, -0.2) is 23.0 Å². The van der Waals surface area contributed by atoms with Gasteiger partial charge in [-0.15, -0.1) is 0 Å². The lowest BCUT2D eigenvalue weighted by Gasteiger charge is -2.16. The van der Waals surface area contributed by atoms with Gasteiger partial charge in [-0.25, -0.2) is 4.39 Å². The third kappa shape index (κ3) is 4.52. The largest absolute Gasteiger partial charge is 0.488 e. The van der Waals surface area contributed by atoms with E-state index in [1.165, 1.54) is 17.0 Å². The summed E-state index contributed by atoms with van der Waals surface area (Å²) in [6, 6.07) is 21.1. The van der Waals surface area contributed by atoms with Gasteiger partial charge in [0.15, 0.2) is 5.11 Å². The highest BCUT2D eigenvalue weighted by molar-refractivity contribution is 9.10. The minimum absolute atomic E-state index is 0.179. The molecule has 4 rings (SSSR count). The van der Waals surface area contributed by atoms with E-state index in [-0.39, 0.29) is 18.3 Å². The number of para-hydroxylation sites is 1. The SMILES string of the molecule is CN1C(=S)N(c2ccccc2)C(=O)/C1=C/c1ccc(OCc2cccc(F)c2)c(Br)c1. The number of carbonyl (C=O) groups is 1. The first kappa shape index (κ1) is 21.2. The second-order valence-electron chi connectivity index (χ2n) is 6.96. The van der Waals surface area contributed by atoms with Gasteiger partial charge in [-0.1, -0.05) is 36.4 Å². The summed E-state index contributed by atoms with van der Waals surface area (Å²) in [6.07, 6.45) is 1.79. The minimum atomic E-state index is -0.296. The third-order valence-electron chi connectivity index (χ3n) is 4.82. The zero-order chi connectivity index (χ0) is 22.0. The molecule has 1 aliphatic rings. The third-order valence-corrected chi connectivity index (χ3v) is 5.90. The Hall–Kier alpha value is -3.03. The van der Waals surface area contributed by atoms with E-state index in [2.05, 4.69) is 15.9 Å². The number of halogens is 2. The molecule has 7 heteroatoms. The van der Waals surface area contributed by atoms with Gasteiger partial charge in [0.25, 0.3) is 5.91 Å². The summed E-state index contributed by atoms with van der Waals surface area (Å²) in [5.74, 6) is 0.148. The predicted molar refractivity (Wildman–Crippen MR) is 127 cm³/mol. The van der Waals surface area contributed by atoms with Crippen LogP contribution in [0.4, 0.5) is 10.1 Å². The number of nitrogens with zero attached hydrogens (tertiary/aromatic N) is 2. The van der Waals surface area contributed by atoms with E-state index in [1.807, 2.05) is 48.5 Å². The fourth-order valence-corrected chi connectivity index (χ4v) is 4.03. The van der Waals surface area contributed by atoms with Crippen LogP contribution >= 0.6 is 28.1 Å². The van der Waals surface area contributed by atoms with Gasteiger partial charge < -0.3 is 9.64 Å². The first-order chi connectivity index (χ1) is 14.9. The van der Waals surface area contributed by atoms with Crippen LogP contribution in [0.2, 0.25) is 0 Å². The molecule has 1 amide bonds. The maximum absolute atomic E-state index is 13.3. The van der Waals surface area contributed by atoms with Gasteiger partial charge >= 0.3 is 0 Å². The summed E-state index contributed by atoms with van der Waals surface area (Å²) < 4.78 is 19.9. The number of ether oxygens (including phenoxy) is 1. The monoisotopic (exact) mass is 496 g/mol. The van der Waals surface area contributed by atoms with Gasteiger partial charge in [0.2, 0.25) is 0 Å². The molecule has 0 unspecified atom stereocenters. The van der Waals surface area contributed by atoms with E-state index >= 15 is 0 Å². The van der Waals surface area contributed by atoms with E-state index in [0.29, 0.717) is 16.6 Å². The average molecular weight is 497 g/mol. The Bertz CT molecular complexity index is 1180. The molecule has 0 aromatic heterocycles. The second-order valence-corrected chi connectivity index (χ2v) is 8.18. The highest BCUT2D eigenvalue weighted by Crippen LogP contribution is 2.31. The Kier molecular flexibility index (Phi) is 6.15. The minimum Gasteiger partial charge on any atom is -0.488 e. The van der Waals surface area contributed by atoms with Crippen molar-refractivity contribution in [1.29, 1.82) is 0 Å². The first-order valence-electron chi connectivity index (χ1n) is 9.50. The number of likely N-dealkylation sites (N-methyl/N-ethyl adjacent to an activating group) is 1. The topological polar surface area (TPSA) is 32.8 Å². The van der Waals surface area contributed by atoms with E-state index in [9.17, 15) is 9.18 Å². The Morgan fingerprint density at radius 3 is 2.55 bits per heavy atom. The van der Waals surface area contributed by atoms with Crippen LogP contribution in [0.25, 0.3) is 6.08 Å². The lowest BCUT2D eigenvalue weighted by Crippen LogP contribution is -2.30. The second kappa shape index (κ2) is 8.99. The number of rotatable bonds is 5. The normalized spacial score (nSPS) is 15.1. The molecule has 1 heterocycles. The number of hydrogen-bond donors (Lipinski definition) is 0. The van der Waals surface area contributed by atoms with E-state index in [1.54, 1.807) is 30.2 Å². The number of benzene rings is 3. The maximum Gasteiger partial charge on any atom is 0.281 e. The summed E-state index contributed by atoms with van der Waals surface area (Å²) in [5.41, 5.74) is 2.77. The molecular formula is C24H18BrFN2O2S. The van der Waals surface area contributed by atoms with E-state index < -0.39 is 0 Å². The molecule has 156 valence electrons. The van der Waals surface area contributed by atoms with Crippen molar-refractivity contribution in [1.82, 2.24) is 4.90 Å². The zero-order valence-corrected chi connectivity index (χ0v) is 19.0. The fraction of sp³-hybridized carbons (Fsp3) is 0.0833. The molecule has 0 spiro atoms. The summed E-state index contributed by atoms with van der Waals surface area (Å²) in [7, 11) is 1.78. The van der Waals surface area contributed by atoms with Crippen LogP contribution in [0.3, 0.4) is 0 Å². The van der Waals surface area contributed by atoms with Crippen molar-refractivity contribution in [3.8, 4) is 5.75 Å². The van der Waals surface area contributed by atoms with Crippen LogP contribution in [0.15, 0.2) is 83.0 Å². The van der Waals surface area contributed by atoms with Crippen molar-refractivity contribution in [2.45, 2.75) is 6.61 Å². The molecular weight excluding hydrogens is 479 g/mol. The Balaban J connectivity index is 1.54. The summed E-state index contributed by atoms with van der Waals surface area (Å²) in [6.45, 7) is 0.248. The molecule has 0 atom stereocenters. The van der Waals surface area contributed by atoms with Gasteiger partial charge in [-0.2, -0.15) is 0 Å². The molecule has 3 aromatic rings. The predicted octanol–water partition coefficient (Wildman–Crippen LogP) is 5.77. The van der Waals surface area contributed by atoms with Crippen molar-refractivity contribution >= 4 is 50.9 Å². The summed E-state index contributed by atoms with van der Waals surface area (Å²) in [5, 5.41) is 0.427. The molecule has 0 saturated carbocycles. The van der Waals surface area contributed by atoms with Crippen molar-refractivity contribution in [3.63, 3.8) is 0 Å². The molecule has 0 N–H and O–H groups in total. The number of thiocarbonyl (C=S) groups is 1. The van der Waals surface area contributed by atoms with Crippen LogP contribution in [-0.2, 0) is 11.4 Å². The number of carbonyl (C=O) groups excluding carboxylic acids is 1. The standard InChI is InChI=1S/C24H18BrFN2O2S/c1-27-21(23(29)28(24(27)31)19-8-3-2-4-9-19)14-16-10-11-22(20(25)13-16)30-15-17-6-5-7-18(26)12-17/h2-14H,15H2,1H3/b21-14-. The van der Waals surface area contributed by atoms with Crippen molar-refractivity contribution in [2.24, 2.45) is 0 Å². The lowest BCUT2D eigenvalue weighted by atomic mass is 10.1. The molecule has 0 radical (unpaired) electrons. The molecule has 31 heavy (non-hydrogen) atoms. The first-order valence-corrected chi connectivity index (χ1v) is 10.7. The molecule has 0 bridgehead atoms. The highest BCUT2D eigenvalue weighted by atomic mass is 79.9. The van der Waals surface area contributed by atoms with Crippen molar-refractivity contribution in [3.05, 3.63) is 99.9 Å². The molecule has 1 saturated heterocycles. The van der Waals surface area contributed by atoms with Gasteiger partial charge in [0.05, 0.1) is 10.2 Å². The molecule has 3 aromatic carbocycles. The molecule has 4 nitrogen and oxygen atoms in total. The number of amides is 1. The highest BCUT2D eigenvalue weighted by Gasteiger charge is 2.36. The number of hydrogen-bond acceptors (Lipinski definition) is 3. The van der Waals surface area contributed by atoms with Crippen LogP contribution < -0.4 is 9.64 Å².